The zero-order valence-electron chi connectivity index (χ0n) is 10.5. The second-order valence-corrected chi connectivity index (χ2v) is 3.89. The highest BCUT2D eigenvalue weighted by Gasteiger charge is 2.05. The largest absolute Gasteiger partial charge is 0.342 e. The van der Waals surface area contributed by atoms with Crippen LogP contribution in [0.2, 0.25) is 0 Å². The molecular weight excluding hydrogens is 194 g/mol. The summed E-state index contributed by atoms with van der Waals surface area (Å²) in [5.41, 5.74) is 3.55. The third-order valence-corrected chi connectivity index (χ3v) is 2.52. The first-order valence-electron chi connectivity index (χ1n) is 5.88. The van der Waals surface area contributed by atoms with Crippen LogP contribution in [0.3, 0.4) is 0 Å². The summed E-state index contributed by atoms with van der Waals surface area (Å²) in [4.78, 5) is 2.22. The first-order valence-corrected chi connectivity index (χ1v) is 5.88. The smallest absolute Gasteiger partial charge is 0.0413 e. The number of nitrogens with zero attached hydrogens (tertiary/aromatic N) is 1. The van der Waals surface area contributed by atoms with Gasteiger partial charge in [0.15, 0.2) is 0 Å². The van der Waals surface area contributed by atoms with Crippen LogP contribution in [-0.4, -0.2) is 6.54 Å². The summed E-state index contributed by atoms with van der Waals surface area (Å²) in [6.07, 6.45) is 5.27. The lowest BCUT2D eigenvalue weighted by molar-refractivity contribution is 0.978. The van der Waals surface area contributed by atoms with Crippen LogP contribution in [0.1, 0.15) is 25.8 Å². The first kappa shape index (κ1) is 12.6. The molecule has 1 rings (SSSR count). The number of rotatable bonds is 5. The molecule has 0 aliphatic rings. The van der Waals surface area contributed by atoms with E-state index in [4.69, 9.17) is 0 Å². The molecule has 0 fully saturated rings. The molecule has 0 saturated carbocycles. The van der Waals surface area contributed by atoms with Crippen LogP contribution in [-0.2, 0) is 0 Å². The van der Waals surface area contributed by atoms with Crippen LogP contribution in [0, 0.1) is 6.92 Å². The first-order chi connectivity index (χ1) is 7.69. The second kappa shape index (κ2) is 6.16. The highest BCUT2D eigenvalue weighted by Crippen LogP contribution is 2.20. The number of hydrogen-bond acceptors (Lipinski definition) is 1. The fourth-order valence-corrected chi connectivity index (χ4v) is 1.69. The Balaban J connectivity index is 2.90. The SMILES string of the molecule is C=C(/C=C/CC)N(CC)c1cccc(C)c1. The van der Waals surface area contributed by atoms with Gasteiger partial charge in [0.25, 0.3) is 0 Å². The molecule has 1 nitrogen and oxygen atoms in total. The Morgan fingerprint density at radius 2 is 2.12 bits per heavy atom. The lowest BCUT2D eigenvalue weighted by Crippen LogP contribution is -2.20. The Kier molecular flexibility index (Phi) is 4.84. The minimum Gasteiger partial charge on any atom is -0.342 e. The zero-order chi connectivity index (χ0) is 12.0. The number of aryl methyl sites for hydroxylation is 1. The molecular formula is C15H21N. The van der Waals surface area contributed by atoms with Gasteiger partial charge >= 0.3 is 0 Å². The predicted octanol–water partition coefficient (Wildman–Crippen LogP) is 4.30. The van der Waals surface area contributed by atoms with Crippen molar-refractivity contribution in [2.75, 3.05) is 11.4 Å². The third kappa shape index (κ3) is 3.27. The summed E-state index contributed by atoms with van der Waals surface area (Å²) in [5, 5.41) is 0. The molecule has 1 aromatic rings. The van der Waals surface area contributed by atoms with Crippen molar-refractivity contribution in [3.05, 3.63) is 54.3 Å². The van der Waals surface area contributed by atoms with Crippen molar-refractivity contribution in [1.29, 1.82) is 0 Å². The monoisotopic (exact) mass is 215 g/mol. The molecule has 0 saturated heterocycles. The van der Waals surface area contributed by atoms with E-state index in [1.807, 2.05) is 0 Å². The standard InChI is InChI=1S/C15H21N/c1-5-7-10-14(4)16(6-2)15-11-8-9-13(3)12-15/h7-12H,4-6H2,1-3H3/b10-7+. The molecule has 0 atom stereocenters. The van der Waals surface area contributed by atoms with Crippen molar-refractivity contribution < 1.29 is 0 Å². The van der Waals surface area contributed by atoms with E-state index in [9.17, 15) is 0 Å². The van der Waals surface area contributed by atoms with Crippen LogP contribution in [0.4, 0.5) is 5.69 Å². The van der Waals surface area contributed by atoms with Gasteiger partial charge in [-0.2, -0.15) is 0 Å². The van der Waals surface area contributed by atoms with Crippen molar-refractivity contribution in [2.24, 2.45) is 0 Å². The molecule has 86 valence electrons. The van der Waals surface area contributed by atoms with E-state index in [2.05, 4.69) is 68.7 Å². The number of likely N-dealkylation sites (N-methyl/N-ethyl adjacent to an activating group) is 1. The van der Waals surface area contributed by atoms with Crippen LogP contribution < -0.4 is 4.90 Å². The quantitative estimate of drug-likeness (QED) is 0.662. The fraction of sp³-hybridized carbons (Fsp3) is 0.333. The third-order valence-electron chi connectivity index (χ3n) is 2.52. The van der Waals surface area contributed by atoms with E-state index in [0.717, 1.165) is 18.7 Å². The predicted molar refractivity (Wildman–Crippen MR) is 72.8 cm³/mol. The van der Waals surface area contributed by atoms with Crippen LogP contribution >= 0.6 is 0 Å². The Morgan fingerprint density at radius 3 is 2.69 bits per heavy atom. The minimum atomic E-state index is 0.941. The van der Waals surface area contributed by atoms with E-state index in [-0.39, 0.29) is 0 Å². The summed E-state index contributed by atoms with van der Waals surface area (Å²) >= 11 is 0. The number of benzene rings is 1. The maximum Gasteiger partial charge on any atom is 0.0413 e. The molecule has 0 aliphatic heterocycles. The molecule has 0 amide bonds. The van der Waals surface area contributed by atoms with Gasteiger partial charge in [0, 0.05) is 17.9 Å². The number of allylic oxidation sites excluding steroid dienone is 2. The van der Waals surface area contributed by atoms with Gasteiger partial charge in [0.1, 0.15) is 0 Å². The molecule has 0 spiro atoms. The Hall–Kier alpha value is -1.50. The lowest BCUT2D eigenvalue weighted by atomic mass is 10.2. The van der Waals surface area contributed by atoms with Crippen LogP contribution in [0.5, 0.6) is 0 Å². The van der Waals surface area contributed by atoms with Crippen molar-refractivity contribution >= 4 is 5.69 Å². The van der Waals surface area contributed by atoms with Gasteiger partial charge in [-0.1, -0.05) is 31.7 Å². The lowest BCUT2D eigenvalue weighted by Gasteiger charge is -2.23. The molecule has 0 heterocycles. The molecule has 0 unspecified atom stereocenters. The second-order valence-electron chi connectivity index (χ2n) is 3.89. The molecule has 0 N–H and O–H groups in total. The molecule has 0 radical (unpaired) electrons. The highest BCUT2D eigenvalue weighted by molar-refractivity contribution is 5.55. The molecule has 1 aromatic carbocycles. The van der Waals surface area contributed by atoms with Crippen molar-refractivity contribution in [3.8, 4) is 0 Å². The fourth-order valence-electron chi connectivity index (χ4n) is 1.69. The van der Waals surface area contributed by atoms with Gasteiger partial charge in [0.2, 0.25) is 0 Å². The van der Waals surface area contributed by atoms with E-state index in [0.29, 0.717) is 0 Å². The van der Waals surface area contributed by atoms with Crippen LogP contribution in [0.15, 0.2) is 48.7 Å². The molecule has 1 heteroatoms. The van der Waals surface area contributed by atoms with Crippen molar-refractivity contribution in [2.45, 2.75) is 27.2 Å². The molecule has 16 heavy (non-hydrogen) atoms. The summed E-state index contributed by atoms with van der Waals surface area (Å²) < 4.78 is 0. The summed E-state index contributed by atoms with van der Waals surface area (Å²) in [5.74, 6) is 0. The average Bonchev–Trinajstić information content (AvgIpc) is 2.27. The maximum absolute atomic E-state index is 4.11. The van der Waals surface area contributed by atoms with Gasteiger partial charge in [-0.05, 0) is 44.0 Å². The zero-order valence-corrected chi connectivity index (χ0v) is 10.5. The van der Waals surface area contributed by atoms with E-state index < -0.39 is 0 Å². The summed E-state index contributed by atoms with van der Waals surface area (Å²) in [6.45, 7) is 11.4. The number of hydrogen-bond donors (Lipinski definition) is 0. The summed E-state index contributed by atoms with van der Waals surface area (Å²) in [6, 6.07) is 8.52. The molecule has 0 aromatic heterocycles. The number of anilines is 1. The highest BCUT2D eigenvalue weighted by atomic mass is 15.1. The Bertz CT molecular complexity index is 377. The summed E-state index contributed by atoms with van der Waals surface area (Å²) in [7, 11) is 0. The van der Waals surface area contributed by atoms with E-state index >= 15 is 0 Å². The average molecular weight is 215 g/mol. The van der Waals surface area contributed by atoms with Gasteiger partial charge in [-0.3, -0.25) is 0 Å². The van der Waals surface area contributed by atoms with Gasteiger partial charge in [-0.25, -0.2) is 0 Å². The minimum absolute atomic E-state index is 0.941. The van der Waals surface area contributed by atoms with Crippen LogP contribution in [0.25, 0.3) is 0 Å². The van der Waals surface area contributed by atoms with E-state index in [1.165, 1.54) is 11.3 Å². The maximum atomic E-state index is 4.11. The molecule has 0 bridgehead atoms. The van der Waals surface area contributed by atoms with Crippen molar-refractivity contribution in [1.82, 2.24) is 0 Å². The Labute approximate surface area is 99.1 Å². The molecule has 0 aliphatic carbocycles. The van der Waals surface area contributed by atoms with Gasteiger partial charge < -0.3 is 4.90 Å². The van der Waals surface area contributed by atoms with Gasteiger partial charge in [-0.15, -0.1) is 0 Å². The van der Waals surface area contributed by atoms with Crippen molar-refractivity contribution in [3.63, 3.8) is 0 Å². The van der Waals surface area contributed by atoms with Gasteiger partial charge in [0.05, 0.1) is 0 Å². The normalized spacial score (nSPS) is 10.7. The Morgan fingerprint density at radius 1 is 1.38 bits per heavy atom. The van der Waals surface area contributed by atoms with E-state index in [1.54, 1.807) is 0 Å². The topological polar surface area (TPSA) is 3.24 Å².